The third-order valence-corrected chi connectivity index (χ3v) is 2.10. The van der Waals surface area contributed by atoms with E-state index in [1.165, 1.54) is 6.92 Å². The lowest BCUT2D eigenvalue weighted by atomic mass is 10.1. The van der Waals surface area contributed by atoms with E-state index >= 15 is 0 Å². The molecule has 100 valence electrons. The average molecular weight is 266 g/mol. The highest BCUT2D eigenvalue weighted by molar-refractivity contribution is 5.57. The van der Waals surface area contributed by atoms with Crippen LogP contribution in [0.25, 0.3) is 0 Å². The smallest absolute Gasteiger partial charge is 0.317 e. The molecule has 0 fully saturated rings. The zero-order chi connectivity index (χ0) is 14.4. The zero-order valence-electron chi connectivity index (χ0n) is 9.85. The Kier molecular flexibility index (Phi) is 4.58. The molecule has 1 N–H and O–H groups in total. The summed E-state index contributed by atoms with van der Waals surface area (Å²) in [6.07, 6.45) is 3.25. The first-order valence-corrected chi connectivity index (χ1v) is 5.03. The van der Waals surface area contributed by atoms with Crippen LogP contribution in [0.3, 0.4) is 0 Å². The number of non-ortho nitro benzene ring substituents is 1. The van der Waals surface area contributed by atoms with E-state index in [2.05, 4.69) is 4.42 Å². The second-order valence-corrected chi connectivity index (χ2v) is 3.44. The highest BCUT2D eigenvalue weighted by Gasteiger charge is 2.21. The van der Waals surface area contributed by atoms with E-state index in [1.54, 1.807) is 12.5 Å². The molecule has 0 spiro atoms. The molecule has 0 amide bonds. The van der Waals surface area contributed by atoms with E-state index in [0.29, 0.717) is 0 Å². The summed E-state index contributed by atoms with van der Waals surface area (Å²) in [6, 6.07) is 5.46. The molecular weight excluding hydrogens is 256 g/mol. The number of hydrogen-bond donors (Lipinski definition) is 1. The minimum absolute atomic E-state index is 0.103. The van der Waals surface area contributed by atoms with E-state index in [4.69, 9.17) is 0 Å². The first-order chi connectivity index (χ1) is 8.93. The molecular formula is C11H10N2O6. The number of rotatable bonds is 2. The van der Waals surface area contributed by atoms with Gasteiger partial charge in [0.05, 0.1) is 28.4 Å². The van der Waals surface area contributed by atoms with E-state index in [9.17, 15) is 25.3 Å². The van der Waals surface area contributed by atoms with E-state index in [-0.39, 0.29) is 5.56 Å². The van der Waals surface area contributed by atoms with Gasteiger partial charge in [0.1, 0.15) is 0 Å². The fourth-order valence-electron chi connectivity index (χ4n) is 1.21. The van der Waals surface area contributed by atoms with Crippen LogP contribution in [0.4, 0.5) is 11.4 Å². The SMILES string of the molecule is Cc1cc([N+](=O)[O-])cc([N+](=O)[O-])c1O.c1ccoc1. The molecule has 0 unspecified atom stereocenters. The Balaban J connectivity index is 0.000000300. The van der Waals surface area contributed by atoms with Gasteiger partial charge < -0.3 is 9.52 Å². The Morgan fingerprint density at radius 2 is 1.68 bits per heavy atom. The Morgan fingerprint density at radius 1 is 1.11 bits per heavy atom. The number of phenols is 1. The van der Waals surface area contributed by atoms with Crippen molar-refractivity contribution < 1.29 is 19.4 Å². The molecule has 19 heavy (non-hydrogen) atoms. The number of nitro groups is 2. The summed E-state index contributed by atoms with van der Waals surface area (Å²) >= 11 is 0. The fourth-order valence-corrected chi connectivity index (χ4v) is 1.21. The quantitative estimate of drug-likeness (QED) is 0.659. The maximum atomic E-state index is 10.4. The number of benzene rings is 1. The van der Waals surface area contributed by atoms with Crippen LogP contribution in [-0.2, 0) is 0 Å². The highest BCUT2D eigenvalue weighted by Crippen LogP contribution is 2.33. The molecule has 8 nitrogen and oxygen atoms in total. The number of furan rings is 1. The van der Waals surface area contributed by atoms with Crippen LogP contribution in [-0.4, -0.2) is 15.0 Å². The number of phenolic OH excluding ortho intramolecular Hbond substituents is 1. The monoisotopic (exact) mass is 266 g/mol. The van der Waals surface area contributed by atoms with Gasteiger partial charge in [-0.2, -0.15) is 0 Å². The van der Waals surface area contributed by atoms with Gasteiger partial charge in [0.2, 0.25) is 0 Å². The molecule has 0 saturated carbocycles. The molecule has 0 saturated heterocycles. The molecule has 2 aromatic rings. The Hall–Kier alpha value is -2.90. The number of nitro benzene ring substituents is 2. The predicted octanol–water partition coefficient (Wildman–Crippen LogP) is 2.80. The Morgan fingerprint density at radius 3 is 2.05 bits per heavy atom. The summed E-state index contributed by atoms with van der Waals surface area (Å²) < 4.78 is 4.58. The van der Waals surface area contributed by atoms with Gasteiger partial charge in [0.15, 0.2) is 5.75 Å². The van der Waals surface area contributed by atoms with E-state index in [0.717, 1.165) is 12.1 Å². The maximum absolute atomic E-state index is 10.4. The molecule has 2 rings (SSSR count). The number of hydrogen-bond acceptors (Lipinski definition) is 6. The summed E-state index contributed by atoms with van der Waals surface area (Å²) in [5, 5.41) is 29.9. The van der Waals surface area contributed by atoms with Gasteiger partial charge in [0.25, 0.3) is 5.69 Å². The first kappa shape index (κ1) is 14.2. The molecule has 0 radical (unpaired) electrons. The summed E-state index contributed by atoms with van der Waals surface area (Å²) in [5.74, 6) is -0.541. The van der Waals surface area contributed by atoms with Gasteiger partial charge in [-0.1, -0.05) is 0 Å². The lowest BCUT2D eigenvalue weighted by molar-refractivity contribution is -0.394. The lowest BCUT2D eigenvalue weighted by Gasteiger charge is -1.99. The van der Waals surface area contributed by atoms with Crippen LogP contribution >= 0.6 is 0 Å². The molecule has 1 aromatic heterocycles. The zero-order valence-corrected chi connectivity index (χ0v) is 9.85. The van der Waals surface area contributed by atoms with Crippen LogP contribution in [0, 0.1) is 27.2 Å². The van der Waals surface area contributed by atoms with Crippen LogP contribution in [0.15, 0.2) is 41.2 Å². The van der Waals surface area contributed by atoms with Crippen molar-refractivity contribution in [2.45, 2.75) is 6.92 Å². The number of aromatic hydroxyl groups is 1. The normalized spacial score (nSPS) is 9.32. The Labute approximate surface area is 107 Å². The summed E-state index contributed by atoms with van der Waals surface area (Å²) in [6.45, 7) is 1.36. The first-order valence-electron chi connectivity index (χ1n) is 5.03. The highest BCUT2D eigenvalue weighted by atomic mass is 16.6. The summed E-state index contributed by atoms with van der Waals surface area (Å²) in [4.78, 5) is 19.1. The van der Waals surface area contributed by atoms with Crippen LogP contribution in [0.1, 0.15) is 5.56 Å². The maximum Gasteiger partial charge on any atom is 0.317 e. The predicted molar refractivity (Wildman–Crippen MR) is 64.9 cm³/mol. The third-order valence-electron chi connectivity index (χ3n) is 2.10. The standard InChI is InChI=1S/C7H6N2O5.C4H4O/c1-4-2-5(8(11)12)3-6(7(4)10)9(13)14;1-2-4-5-3-1/h2-3,10H,1H3;1-4H. The lowest BCUT2D eigenvalue weighted by Crippen LogP contribution is -1.94. The van der Waals surface area contributed by atoms with Crippen molar-refractivity contribution >= 4 is 11.4 Å². The van der Waals surface area contributed by atoms with Crippen molar-refractivity contribution in [1.82, 2.24) is 0 Å². The number of aryl methyl sites for hydroxylation is 1. The van der Waals surface area contributed by atoms with Gasteiger partial charge >= 0.3 is 5.69 Å². The van der Waals surface area contributed by atoms with Crippen LogP contribution in [0.5, 0.6) is 5.75 Å². The molecule has 0 atom stereocenters. The van der Waals surface area contributed by atoms with Gasteiger partial charge in [0, 0.05) is 11.6 Å². The van der Waals surface area contributed by atoms with Crippen molar-refractivity contribution in [2.75, 3.05) is 0 Å². The summed E-state index contributed by atoms with van der Waals surface area (Å²) in [5.41, 5.74) is -0.963. The topological polar surface area (TPSA) is 120 Å². The van der Waals surface area contributed by atoms with Crippen molar-refractivity contribution in [1.29, 1.82) is 0 Å². The fraction of sp³-hybridized carbons (Fsp3) is 0.0909. The molecule has 8 heteroatoms. The average Bonchev–Trinajstić information content (AvgIpc) is 2.90. The van der Waals surface area contributed by atoms with E-state index in [1.807, 2.05) is 12.1 Å². The number of nitrogens with zero attached hydrogens (tertiary/aromatic N) is 2. The molecule has 0 aliphatic rings. The minimum atomic E-state index is -0.866. The molecule has 1 heterocycles. The van der Waals surface area contributed by atoms with Crippen LogP contribution < -0.4 is 0 Å². The van der Waals surface area contributed by atoms with Crippen LogP contribution in [0.2, 0.25) is 0 Å². The van der Waals surface area contributed by atoms with Crippen molar-refractivity contribution in [2.24, 2.45) is 0 Å². The van der Waals surface area contributed by atoms with Gasteiger partial charge in [-0.05, 0) is 19.1 Å². The van der Waals surface area contributed by atoms with Gasteiger partial charge in [-0.25, -0.2) is 0 Å². The second-order valence-electron chi connectivity index (χ2n) is 3.44. The van der Waals surface area contributed by atoms with Crippen molar-refractivity contribution in [3.63, 3.8) is 0 Å². The van der Waals surface area contributed by atoms with Crippen molar-refractivity contribution in [3.05, 3.63) is 62.6 Å². The summed E-state index contributed by atoms with van der Waals surface area (Å²) in [7, 11) is 0. The second kappa shape index (κ2) is 6.15. The van der Waals surface area contributed by atoms with E-state index < -0.39 is 27.0 Å². The van der Waals surface area contributed by atoms with Gasteiger partial charge in [-0.3, -0.25) is 20.2 Å². The molecule has 0 bridgehead atoms. The molecule has 0 aliphatic heterocycles. The minimum Gasteiger partial charge on any atom is -0.502 e. The largest absolute Gasteiger partial charge is 0.502 e. The van der Waals surface area contributed by atoms with Gasteiger partial charge in [-0.15, -0.1) is 0 Å². The molecule has 0 aliphatic carbocycles. The Bertz CT molecular complexity index is 562. The van der Waals surface area contributed by atoms with Crippen molar-refractivity contribution in [3.8, 4) is 5.75 Å². The molecule has 1 aromatic carbocycles. The third kappa shape index (κ3) is 3.80.